The highest BCUT2D eigenvalue weighted by molar-refractivity contribution is 6.35. The third-order valence-corrected chi connectivity index (χ3v) is 3.90. The molecule has 0 amide bonds. The van der Waals surface area contributed by atoms with Gasteiger partial charge in [0.05, 0.1) is 16.9 Å². The van der Waals surface area contributed by atoms with Crippen molar-refractivity contribution >= 4 is 22.4 Å². The van der Waals surface area contributed by atoms with Gasteiger partial charge >= 0.3 is 0 Å². The Kier molecular flexibility index (Phi) is 3.09. The van der Waals surface area contributed by atoms with E-state index in [-0.39, 0.29) is 0 Å². The summed E-state index contributed by atoms with van der Waals surface area (Å²) in [5.74, 6) is 0. The first kappa shape index (κ1) is 13.0. The van der Waals surface area contributed by atoms with Gasteiger partial charge in [-0.15, -0.1) is 0 Å². The summed E-state index contributed by atoms with van der Waals surface area (Å²) < 4.78 is 1.85. The fraction of sp³-hybridized carbons (Fsp3) is 0. The maximum absolute atomic E-state index is 6.24. The second-order valence-electron chi connectivity index (χ2n) is 4.90. The Balaban J connectivity index is 1.87. The van der Waals surface area contributed by atoms with Gasteiger partial charge in [0.15, 0.2) is 0 Å². The van der Waals surface area contributed by atoms with Gasteiger partial charge in [0, 0.05) is 52.9 Å². The van der Waals surface area contributed by atoms with Crippen LogP contribution in [-0.2, 0) is 0 Å². The number of hydrogen-bond acceptors (Lipinski definition) is 3. The number of rotatable bonds is 2. The summed E-state index contributed by atoms with van der Waals surface area (Å²) >= 11 is 6.24. The molecule has 0 saturated heterocycles. The molecule has 0 unspecified atom stereocenters. The van der Waals surface area contributed by atoms with Crippen molar-refractivity contribution in [3.05, 3.63) is 72.5 Å². The molecule has 0 aliphatic rings. The fourth-order valence-corrected chi connectivity index (χ4v) is 2.69. The summed E-state index contributed by atoms with van der Waals surface area (Å²) in [6.45, 7) is 0. The Morgan fingerprint density at radius 3 is 2.59 bits per heavy atom. The largest absolute Gasteiger partial charge is 0.264 e. The first-order valence-electron chi connectivity index (χ1n) is 6.80. The summed E-state index contributed by atoms with van der Waals surface area (Å²) in [5.41, 5.74) is 3.02. The SMILES string of the molecule is Clc1ccc(-n2cc(-c3cccnc3)cn2)c2ccncc12. The van der Waals surface area contributed by atoms with Crippen LogP contribution >= 0.6 is 11.6 Å². The summed E-state index contributed by atoms with van der Waals surface area (Å²) in [6.07, 6.45) is 10.9. The number of benzene rings is 1. The van der Waals surface area contributed by atoms with E-state index in [1.54, 1.807) is 18.6 Å². The number of halogens is 1. The van der Waals surface area contributed by atoms with Gasteiger partial charge in [-0.2, -0.15) is 5.10 Å². The third kappa shape index (κ3) is 2.14. The maximum atomic E-state index is 6.24. The summed E-state index contributed by atoms with van der Waals surface area (Å²) in [4.78, 5) is 8.28. The molecule has 4 rings (SSSR count). The third-order valence-electron chi connectivity index (χ3n) is 3.57. The van der Waals surface area contributed by atoms with Crippen LogP contribution in [-0.4, -0.2) is 19.7 Å². The highest BCUT2D eigenvalue weighted by Gasteiger charge is 2.09. The van der Waals surface area contributed by atoms with Gasteiger partial charge in [0.25, 0.3) is 0 Å². The standard InChI is InChI=1S/C17H11ClN4/c18-16-3-4-17(14-5-7-20-10-15(14)16)22-11-13(9-21-22)12-2-1-6-19-8-12/h1-11H. The smallest absolute Gasteiger partial charge is 0.0726 e. The molecule has 0 fully saturated rings. The minimum atomic E-state index is 0.687. The Morgan fingerprint density at radius 2 is 1.73 bits per heavy atom. The molecule has 0 bridgehead atoms. The zero-order valence-corrected chi connectivity index (χ0v) is 12.3. The molecule has 3 aromatic heterocycles. The van der Waals surface area contributed by atoms with Gasteiger partial charge in [-0.1, -0.05) is 17.7 Å². The summed E-state index contributed by atoms with van der Waals surface area (Å²) in [6, 6.07) is 9.70. The van der Waals surface area contributed by atoms with Crippen molar-refractivity contribution in [2.24, 2.45) is 0 Å². The van der Waals surface area contributed by atoms with E-state index < -0.39 is 0 Å². The minimum Gasteiger partial charge on any atom is -0.264 e. The lowest BCUT2D eigenvalue weighted by atomic mass is 10.1. The molecule has 0 aliphatic heterocycles. The monoisotopic (exact) mass is 306 g/mol. The van der Waals surface area contributed by atoms with Crippen LogP contribution in [0.5, 0.6) is 0 Å². The maximum Gasteiger partial charge on any atom is 0.0726 e. The predicted octanol–water partition coefficient (Wildman–Crippen LogP) is 4.14. The molecule has 5 heteroatoms. The molecule has 22 heavy (non-hydrogen) atoms. The first-order chi connectivity index (χ1) is 10.8. The number of pyridine rings is 2. The van der Waals surface area contributed by atoms with Gasteiger partial charge in [-0.05, 0) is 24.3 Å². The van der Waals surface area contributed by atoms with E-state index >= 15 is 0 Å². The van der Waals surface area contributed by atoms with Gasteiger partial charge in [-0.3, -0.25) is 9.97 Å². The van der Waals surface area contributed by atoms with Crippen molar-refractivity contribution in [3.63, 3.8) is 0 Å². The summed E-state index contributed by atoms with van der Waals surface area (Å²) in [5, 5.41) is 7.09. The number of aromatic nitrogens is 4. The Labute approximate surface area is 132 Å². The summed E-state index contributed by atoms with van der Waals surface area (Å²) in [7, 11) is 0. The topological polar surface area (TPSA) is 43.6 Å². The van der Waals surface area contributed by atoms with E-state index in [1.807, 2.05) is 53.6 Å². The first-order valence-corrected chi connectivity index (χ1v) is 7.18. The molecule has 0 radical (unpaired) electrons. The average molecular weight is 307 g/mol. The highest BCUT2D eigenvalue weighted by Crippen LogP contribution is 2.28. The van der Waals surface area contributed by atoms with Gasteiger partial charge < -0.3 is 0 Å². The molecular weight excluding hydrogens is 296 g/mol. The Morgan fingerprint density at radius 1 is 0.818 bits per heavy atom. The van der Waals surface area contributed by atoms with E-state index in [0.717, 1.165) is 27.6 Å². The van der Waals surface area contributed by atoms with E-state index in [2.05, 4.69) is 15.1 Å². The van der Waals surface area contributed by atoms with Gasteiger partial charge in [0.2, 0.25) is 0 Å². The Bertz CT molecular complexity index is 947. The van der Waals surface area contributed by atoms with Crippen molar-refractivity contribution in [2.45, 2.75) is 0 Å². The molecule has 1 aromatic carbocycles. The minimum absolute atomic E-state index is 0.687. The number of hydrogen-bond donors (Lipinski definition) is 0. The van der Waals surface area contributed by atoms with Crippen LogP contribution in [0.4, 0.5) is 0 Å². The fourth-order valence-electron chi connectivity index (χ4n) is 2.48. The molecule has 0 atom stereocenters. The molecule has 4 nitrogen and oxygen atoms in total. The lowest BCUT2D eigenvalue weighted by Crippen LogP contribution is -1.95. The van der Waals surface area contributed by atoms with Crippen LogP contribution in [0.15, 0.2) is 67.5 Å². The van der Waals surface area contributed by atoms with Crippen molar-refractivity contribution in [1.29, 1.82) is 0 Å². The second-order valence-corrected chi connectivity index (χ2v) is 5.31. The molecule has 0 N–H and O–H groups in total. The molecule has 4 aromatic rings. The zero-order valence-electron chi connectivity index (χ0n) is 11.5. The van der Waals surface area contributed by atoms with Gasteiger partial charge in [0.1, 0.15) is 0 Å². The van der Waals surface area contributed by atoms with Crippen molar-refractivity contribution in [1.82, 2.24) is 19.7 Å². The zero-order chi connectivity index (χ0) is 14.9. The molecule has 0 spiro atoms. The lowest BCUT2D eigenvalue weighted by Gasteiger charge is -2.07. The molecule has 106 valence electrons. The highest BCUT2D eigenvalue weighted by atomic mass is 35.5. The lowest BCUT2D eigenvalue weighted by molar-refractivity contribution is 0.887. The average Bonchev–Trinajstić information content (AvgIpc) is 3.06. The van der Waals surface area contributed by atoms with Crippen LogP contribution in [0.3, 0.4) is 0 Å². The quantitative estimate of drug-likeness (QED) is 0.559. The van der Waals surface area contributed by atoms with Crippen LogP contribution in [0.1, 0.15) is 0 Å². The number of fused-ring (bicyclic) bond motifs is 1. The van der Waals surface area contributed by atoms with Crippen LogP contribution in [0.25, 0.3) is 27.6 Å². The van der Waals surface area contributed by atoms with Crippen molar-refractivity contribution in [3.8, 4) is 16.8 Å². The van der Waals surface area contributed by atoms with E-state index in [9.17, 15) is 0 Å². The second kappa shape index (κ2) is 5.24. The molecule has 0 aliphatic carbocycles. The number of nitrogens with zero attached hydrogens (tertiary/aromatic N) is 4. The van der Waals surface area contributed by atoms with Crippen molar-refractivity contribution in [2.75, 3.05) is 0 Å². The van der Waals surface area contributed by atoms with E-state index in [4.69, 9.17) is 11.6 Å². The van der Waals surface area contributed by atoms with E-state index in [0.29, 0.717) is 5.02 Å². The van der Waals surface area contributed by atoms with Crippen LogP contribution in [0.2, 0.25) is 5.02 Å². The van der Waals surface area contributed by atoms with Gasteiger partial charge in [-0.25, -0.2) is 4.68 Å². The Hall–Kier alpha value is -2.72. The predicted molar refractivity (Wildman–Crippen MR) is 87.1 cm³/mol. The molecule has 3 heterocycles. The normalized spacial score (nSPS) is 11.0. The van der Waals surface area contributed by atoms with E-state index in [1.165, 1.54) is 0 Å². The van der Waals surface area contributed by atoms with Crippen molar-refractivity contribution < 1.29 is 0 Å². The molecular formula is C17H11ClN4. The molecule has 0 saturated carbocycles. The van der Waals surface area contributed by atoms with Crippen LogP contribution in [0, 0.1) is 0 Å². The van der Waals surface area contributed by atoms with Crippen LogP contribution < -0.4 is 0 Å².